The average Bonchev–Trinajstić information content (AvgIpc) is 2.39. The van der Waals surface area contributed by atoms with Gasteiger partial charge in [0.2, 0.25) is 0 Å². The van der Waals surface area contributed by atoms with Gasteiger partial charge in [0.25, 0.3) is 0 Å². The number of carbonyl (C=O) groups is 1. The number of nitrogens with one attached hydrogen (secondary N) is 1. The van der Waals surface area contributed by atoms with Crippen LogP contribution in [-0.4, -0.2) is 42.0 Å². The van der Waals surface area contributed by atoms with Crippen molar-refractivity contribution < 1.29 is 14.0 Å². The van der Waals surface area contributed by atoms with Gasteiger partial charge in [-0.1, -0.05) is 6.92 Å². The van der Waals surface area contributed by atoms with Crippen LogP contribution in [0.15, 0.2) is 0 Å². The molecule has 1 N–H and O–H groups in total. The van der Waals surface area contributed by atoms with Crippen molar-refractivity contribution in [3.63, 3.8) is 0 Å². The van der Waals surface area contributed by atoms with Crippen molar-refractivity contribution in [1.29, 1.82) is 0 Å². The molecule has 4 heteroatoms. The fourth-order valence-corrected chi connectivity index (χ4v) is 2.72. The third kappa shape index (κ3) is 1.66. The zero-order chi connectivity index (χ0) is 11.3. The summed E-state index contributed by atoms with van der Waals surface area (Å²) in [4.78, 5) is 12.1. The van der Waals surface area contributed by atoms with Crippen LogP contribution in [0.1, 0.15) is 27.7 Å². The molecule has 0 saturated carbocycles. The van der Waals surface area contributed by atoms with Gasteiger partial charge in [-0.3, -0.25) is 5.32 Å². The SMILES string of the molecule is CC1C[N+]2(C(=O)OC(C)(C)C)CNC[C@H]12. The molecule has 2 aliphatic rings. The lowest BCUT2D eigenvalue weighted by atomic mass is 9.89. The first-order valence-corrected chi connectivity index (χ1v) is 5.66. The van der Waals surface area contributed by atoms with E-state index < -0.39 is 0 Å². The second-order valence-electron chi connectivity index (χ2n) is 5.85. The fraction of sp³-hybridized carbons (Fsp3) is 0.909. The average molecular weight is 213 g/mol. The molecule has 2 unspecified atom stereocenters. The predicted octanol–water partition coefficient (Wildman–Crippen LogP) is 1.32. The molecule has 86 valence electrons. The standard InChI is InChI=1S/C11H21N2O2/c1-8-6-13(7-12-5-9(8)13)10(14)15-11(2,3)4/h8-9,12H,5-7H2,1-4H3/q+1/t8?,9-,13?/m1/s1. The lowest BCUT2D eigenvalue weighted by molar-refractivity contribution is -0.922. The Morgan fingerprint density at radius 2 is 2.13 bits per heavy atom. The molecule has 0 radical (unpaired) electrons. The highest BCUT2D eigenvalue weighted by Crippen LogP contribution is 2.37. The Bertz CT molecular complexity index is 285. The van der Waals surface area contributed by atoms with Gasteiger partial charge in [-0.05, 0) is 20.8 Å². The lowest BCUT2D eigenvalue weighted by Gasteiger charge is -2.48. The van der Waals surface area contributed by atoms with Gasteiger partial charge in [0.15, 0.2) is 0 Å². The smallest absolute Gasteiger partial charge is 0.414 e. The largest absolute Gasteiger partial charge is 0.517 e. The number of hydrogen-bond acceptors (Lipinski definition) is 3. The van der Waals surface area contributed by atoms with Crippen LogP contribution in [0.2, 0.25) is 0 Å². The first-order chi connectivity index (χ1) is 6.85. The van der Waals surface area contributed by atoms with Crippen molar-refractivity contribution in [1.82, 2.24) is 5.32 Å². The van der Waals surface area contributed by atoms with Gasteiger partial charge >= 0.3 is 6.09 Å². The van der Waals surface area contributed by atoms with Gasteiger partial charge in [-0.25, -0.2) is 4.48 Å². The van der Waals surface area contributed by atoms with Crippen molar-refractivity contribution in [2.75, 3.05) is 19.8 Å². The van der Waals surface area contributed by atoms with Crippen molar-refractivity contribution in [2.45, 2.75) is 39.3 Å². The number of hydrogen-bond donors (Lipinski definition) is 1. The molecule has 4 nitrogen and oxygen atoms in total. The third-order valence-electron chi connectivity index (χ3n) is 3.41. The van der Waals surface area contributed by atoms with Crippen LogP contribution >= 0.6 is 0 Å². The van der Waals surface area contributed by atoms with E-state index in [-0.39, 0.29) is 11.7 Å². The third-order valence-corrected chi connectivity index (χ3v) is 3.41. The molecule has 0 bridgehead atoms. The Hall–Kier alpha value is -0.610. The highest BCUT2D eigenvalue weighted by atomic mass is 16.6. The van der Waals surface area contributed by atoms with Gasteiger partial charge in [-0.15, -0.1) is 0 Å². The lowest BCUT2D eigenvalue weighted by Crippen LogP contribution is -2.71. The van der Waals surface area contributed by atoms with E-state index in [1.165, 1.54) is 0 Å². The maximum atomic E-state index is 12.1. The summed E-state index contributed by atoms with van der Waals surface area (Å²) in [6, 6.07) is 0.430. The van der Waals surface area contributed by atoms with Gasteiger partial charge in [0.05, 0.1) is 19.0 Å². The summed E-state index contributed by atoms with van der Waals surface area (Å²) in [5.74, 6) is 0.632. The molecule has 0 spiro atoms. The zero-order valence-electron chi connectivity index (χ0n) is 10.0. The Morgan fingerprint density at radius 3 is 2.67 bits per heavy atom. The van der Waals surface area contributed by atoms with Gasteiger partial charge in [0.1, 0.15) is 18.3 Å². The molecule has 2 rings (SSSR count). The number of nitrogens with zero attached hydrogens (tertiary/aromatic N) is 1. The van der Waals surface area contributed by atoms with Crippen molar-refractivity contribution in [3.05, 3.63) is 0 Å². The van der Waals surface area contributed by atoms with Crippen LogP contribution in [0.5, 0.6) is 0 Å². The molecule has 0 aromatic carbocycles. The van der Waals surface area contributed by atoms with E-state index in [2.05, 4.69) is 12.2 Å². The minimum atomic E-state index is -0.379. The minimum absolute atomic E-state index is 0.0596. The second-order valence-corrected chi connectivity index (χ2v) is 5.85. The van der Waals surface area contributed by atoms with Crippen LogP contribution < -0.4 is 5.32 Å². The summed E-state index contributed by atoms with van der Waals surface area (Å²) in [5.41, 5.74) is -0.379. The molecule has 2 saturated heterocycles. The molecule has 0 aliphatic carbocycles. The highest BCUT2D eigenvalue weighted by Gasteiger charge is 2.61. The Balaban J connectivity index is 2.07. The minimum Gasteiger partial charge on any atom is -0.414 e. The number of rotatable bonds is 0. The summed E-state index contributed by atoms with van der Waals surface area (Å²) < 4.78 is 5.99. The zero-order valence-corrected chi connectivity index (χ0v) is 10.0. The van der Waals surface area contributed by atoms with E-state index in [9.17, 15) is 4.79 Å². The first-order valence-electron chi connectivity index (χ1n) is 5.66. The molecule has 0 aromatic rings. The molecule has 3 atom stereocenters. The summed E-state index contributed by atoms with van der Waals surface area (Å²) in [6.07, 6.45) is -0.0596. The number of quaternary nitrogens is 1. The van der Waals surface area contributed by atoms with E-state index in [1.807, 2.05) is 20.8 Å². The maximum absolute atomic E-state index is 12.1. The maximum Gasteiger partial charge on any atom is 0.517 e. The molecule has 2 heterocycles. The first kappa shape index (κ1) is 10.9. The van der Waals surface area contributed by atoms with Crippen LogP contribution in [0.4, 0.5) is 4.79 Å². The van der Waals surface area contributed by atoms with E-state index in [1.54, 1.807) is 0 Å². The van der Waals surface area contributed by atoms with Crippen molar-refractivity contribution in [2.24, 2.45) is 5.92 Å². The number of fused-ring (bicyclic) bond motifs is 1. The quantitative estimate of drug-likeness (QED) is 0.617. The number of carbonyl (C=O) groups excluding carboxylic acids is 1. The van der Waals surface area contributed by atoms with Crippen LogP contribution in [0, 0.1) is 5.92 Å². The molecule has 2 aliphatic heterocycles. The summed E-state index contributed by atoms with van der Waals surface area (Å²) in [5, 5.41) is 3.29. The highest BCUT2D eigenvalue weighted by molar-refractivity contribution is 5.61. The monoisotopic (exact) mass is 213 g/mol. The summed E-state index contributed by atoms with van der Waals surface area (Å²) >= 11 is 0. The summed E-state index contributed by atoms with van der Waals surface area (Å²) in [6.45, 7) is 10.6. The molecule has 1 amide bonds. The Labute approximate surface area is 91.2 Å². The predicted molar refractivity (Wildman–Crippen MR) is 57.2 cm³/mol. The van der Waals surface area contributed by atoms with Gasteiger partial charge in [-0.2, -0.15) is 4.79 Å². The normalized spacial score (nSPS) is 39.5. The fourth-order valence-electron chi connectivity index (χ4n) is 2.72. The number of amides is 1. The summed E-state index contributed by atoms with van der Waals surface area (Å²) in [7, 11) is 0. The van der Waals surface area contributed by atoms with E-state index in [0.717, 1.165) is 19.8 Å². The molecule has 2 fully saturated rings. The van der Waals surface area contributed by atoms with E-state index in [0.29, 0.717) is 16.4 Å². The van der Waals surface area contributed by atoms with Crippen molar-refractivity contribution >= 4 is 6.09 Å². The molecule has 0 aromatic heterocycles. The van der Waals surface area contributed by atoms with E-state index >= 15 is 0 Å². The number of ether oxygens (including phenoxy) is 1. The van der Waals surface area contributed by atoms with Gasteiger partial charge in [0, 0.05) is 0 Å². The van der Waals surface area contributed by atoms with Gasteiger partial charge < -0.3 is 4.74 Å². The van der Waals surface area contributed by atoms with Crippen LogP contribution in [0.25, 0.3) is 0 Å². The van der Waals surface area contributed by atoms with Crippen molar-refractivity contribution in [3.8, 4) is 0 Å². The Kier molecular flexibility index (Phi) is 2.32. The molecular weight excluding hydrogens is 192 g/mol. The second kappa shape index (κ2) is 3.19. The molecule has 15 heavy (non-hydrogen) atoms. The Morgan fingerprint density at radius 1 is 1.47 bits per heavy atom. The topological polar surface area (TPSA) is 38.3 Å². The van der Waals surface area contributed by atoms with Crippen LogP contribution in [0.3, 0.4) is 0 Å². The van der Waals surface area contributed by atoms with Crippen LogP contribution in [-0.2, 0) is 4.74 Å². The van der Waals surface area contributed by atoms with E-state index in [4.69, 9.17) is 4.74 Å². The molecular formula is C11H21N2O2+.